The maximum atomic E-state index is 12.3. The van der Waals surface area contributed by atoms with Crippen LogP contribution in [0.3, 0.4) is 0 Å². The summed E-state index contributed by atoms with van der Waals surface area (Å²) in [5.41, 5.74) is 1.96. The highest BCUT2D eigenvalue weighted by Gasteiger charge is 2.18. The summed E-state index contributed by atoms with van der Waals surface area (Å²) in [6.45, 7) is 1.64. The standard InChI is InChI=1S/C18H14BrClN2O3/c1-10-14-8-11(19)2-7-15(14)25-17(10)18(24)21-9-16(23)22-13-5-3-12(20)4-6-13/h2-8H,9H2,1H3,(H,21,24)(H,22,23). The molecule has 3 aromatic rings. The fraction of sp³-hybridized carbons (Fsp3) is 0.111. The molecule has 0 saturated heterocycles. The van der Waals surface area contributed by atoms with E-state index in [2.05, 4.69) is 26.6 Å². The average molecular weight is 422 g/mol. The van der Waals surface area contributed by atoms with Crippen LogP contribution in [-0.4, -0.2) is 18.4 Å². The Bertz CT molecular complexity index is 951. The van der Waals surface area contributed by atoms with Crippen LogP contribution in [0.1, 0.15) is 16.1 Å². The molecule has 5 nitrogen and oxygen atoms in total. The van der Waals surface area contributed by atoms with Crippen LogP contribution in [-0.2, 0) is 4.79 Å². The third-order valence-electron chi connectivity index (χ3n) is 3.64. The summed E-state index contributed by atoms with van der Waals surface area (Å²) in [5.74, 6) is -0.573. The second kappa shape index (κ2) is 7.29. The minimum Gasteiger partial charge on any atom is -0.451 e. The van der Waals surface area contributed by atoms with Gasteiger partial charge in [0.2, 0.25) is 5.91 Å². The largest absolute Gasteiger partial charge is 0.451 e. The van der Waals surface area contributed by atoms with Crippen LogP contribution < -0.4 is 10.6 Å². The lowest BCUT2D eigenvalue weighted by molar-refractivity contribution is -0.115. The van der Waals surface area contributed by atoms with Crippen LogP contribution in [0, 0.1) is 6.92 Å². The zero-order chi connectivity index (χ0) is 18.0. The molecule has 7 heteroatoms. The van der Waals surface area contributed by atoms with Crippen molar-refractivity contribution >= 4 is 56.0 Å². The third kappa shape index (κ3) is 4.03. The molecule has 2 aromatic carbocycles. The number of furan rings is 1. The highest BCUT2D eigenvalue weighted by molar-refractivity contribution is 9.10. The second-order valence-electron chi connectivity index (χ2n) is 5.43. The van der Waals surface area contributed by atoms with Crippen molar-refractivity contribution in [3.05, 3.63) is 63.3 Å². The highest BCUT2D eigenvalue weighted by atomic mass is 79.9. The molecule has 2 N–H and O–H groups in total. The number of carbonyl (C=O) groups excluding carboxylic acids is 2. The number of hydrogen-bond donors (Lipinski definition) is 2. The lowest BCUT2D eigenvalue weighted by atomic mass is 10.1. The summed E-state index contributed by atoms with van der Waals surface area (Å²) in [6, 6.07) is 12.2. The number of amides is 2. The SMILES string of the molecule is Cc1c(C(=O)NCC(=O)Nc2ccc(Cl)cc2)oc2ccc(Br)cc12. The smallest absolute Gasteiger partial charge is 0.287 e. The minimum absolute atomic E-state index is 0.165. The van der Waals surface area contributed by atoms with Gasteiger partial charge >= 0.3 is 0 Å². The Labute approximate surface area is 157 Å². The van der Waals surface area contributed by atoms with Crippen molar-refractivity contribution in [1.29, 1.82) is 0 Å². The average Bonchev–Trinajstić information content (AvgIpc) is 2.91. The Morgan fingerprint density at radius 1 is 1.16 bits per heavy atom. The van der Waals surface area contributed by atoms with E-state index in [1.165, 1.54) is 0 Å². The van der Waals surface area contributed by atoms with Gasteiger partial charge in [0.05, 0.1) is 6.54 Å². The molecule has 0 spiro atoms. The van der Waals surface area contributed by atoms with Gasteiger partial charge in [0.25, 0.3) is 5.91 Å². The van der Waals surface area contributed by atoms with Gasteiger partial charge in [-0.3, -0.25) is 9.59 Å². The number of hydrogen-bond acceptors (Lipinski definition) is 3. The molecule has 1 heterocycles. The van der Waals surface area contributed by atoms with E-state index in [9.17, 15) is 9.59 Å². The lowest BCUT2D eigenvalue weighted by Gasteiger charge is -2.06. The van der Waals surface area contributed by atoms with Crippen molar-refractivity contribution in [2.75, 3.05) is 11.9 Å². The first-order valence-electron chi connectivity index (χ1n) is 7.46. The summed E-state index contributed by atoms with van der Waals surface area (Å²) in [7, 11) is 0. The summed E-state index contributed by atoms with van der Waals surface area (Å²) in [5, 5.41) is 6.67. The van der Waals surface area contributed by atoms with E-state index in [0.717, 1.165) is 15.4 Å². The number of benzene rings is 2. The minimum atomic E-state index is -0.434. The number of anilines is 1. The lowest BCUT2D eigenvalue weighted by Crippen LogP contribution is -2.32. The summed E-state index contributed by atoms with van der Waals surface area (Å²) in [6.07, 6.45) is 0. The van der Waals surface area contributed by atoms with Crippen molar-refractivity contribution in [2.45, 2.75) is 6.92 Å². The number of aryl methyl sites for hydroxylation is 1. The molecule has 0 fully saturated rings. The Morgan fingerprint density at radius 2 is 1.88 bits per heavy atom. The monoisotopic (exact) mass is 420 g/mol. The predicted molar refractivity (Wildman–Crippen MR) is 101 cm³/mol. The molecule has 1 aromatic heterocycles. The van der Waals surface area contributed by atoms with Gasteiger partial charge in [0.1, 0.15) is 5.58 Å². The Morgan fingerprint density at radius 3 is 2.60 bits per heavy atom. The van der Waals surface area contributed by atoms with Crippen molar-refractivity contribution in [2.24, 2.45) is 0 Å². The normalized spacial score (nSPS) is 10.7. The van der Waals surface area contributed by atoms with E-state index < -0.39 is 5.91 Å². The second-order valence-corrected chi connectivity index (χ2v) is 6.79. The van der Waals surface area contributed by atoms with Crippen LogP contribution in [0.5, 0.6) is 0 Å². The van der Waals surface area contributed by atoms with E-state index in [-0.39, 0.29) is 18.2 Å². The fourth-order valence-electron chi connectivity index (χ4n) is 2.39. The molecular formula is C18H14BrClN2O3. The van der Waals surface area contributed by atoms with Crippen molar-refractivity contribution in [3.63, 3.8) is 0 Å². The van der Waals surface area contributed by atoms with Gasteiger partial charge in [0.15, 0.2) is 5.76 Å². The summed E-state index contributed by atoms with van der Waals surface area (Å²) < 4.78 is 6.50. The van der Waals surface area contributed by atoms with E-state index in [1.807, 2.05) is 12.1 Å². The Balaban J connectivity index is 1.65. The van der Waals surface area contributed by atoms with Crippen LogP contribution in [0.4, 0.5) is 5.69 Å². The zero-order valence-corrected chi connectivity index (χ0v) is 15.6. The van der Waals surface area contributed by atoms with Gasteiger partial charge in [0, 0.05) is 26.1 Å². The van der Waals surface area contributed by atoms with Gasteiger partial charge in [-0.05, 0) is 49.4 Å². The van der Waals surface area contributed by atoms with Crippen LogP contribution in [0.15, 0.2) is 51.4 Å². The molecule has 0 radical (unpaired) electrons. The van der Waals surface area contributed by atoms with Crippen molar-refractivity contribution in [3.8, 4) is 0 Å². The fourth-order valence-corrected chi connectivity index (χ4v) is 2.88. The van der Waals surface area contributed by atoms with Crippen LogP contribution >= 0.6 is 27.5 Å². The Kier molecular flexibility index (Phi) is 5.11. The zero-order valence-electron chi connectivity index (χ0n) is 13.2. The predicted octanol–water partition coefficient (Wildman–Crippen LogP) is 4.53. The van der Waals surface area contributed by atoms with Gasteiger partial charge in [-0.2, -0.15) is 0 Å². The molecule has 0 aliphatic carbocycles. The summed E-state index contributed by atoms with van der Waals surface area (Å²) in [4.78, 5) is 24.2. The number of carbonyl (C=O) groups is 2. The maximum absolute atomic E-state index is 12.3. The molecule has 0 atom stereocenters. The van der Waals surface area contributed by atoms with Crippen LogP contribution in [0.2, 0.25) is 5.02 Å². The molecule has 3 rings (SSSR count). The van der Waals surface area contributed by atoms with Gasteiger partial charge in [-0.1, -0.05) is 27.5 Å². The number of halogens is 2. The highest BCUT2D eigenvalue weighted by Crippen LogP contribution is 2.27. The molecule has 0 saturated carbocycles. The molecule has 128 valence electrons. The van der Waals surface area contributed by atoms with E-state index >= 15 is 0 Å². The first kappa shape index (κ1) is 17.5. The number of fused-ring (bicyclic) bond motifs is 1. The Hall–Kier alpha value is -2.31. The number of rotatable bonds is 4. The first-order chi connectivity index (χ1) is 11.9. The molecule has 0 unspecified atom stereocenters. The third-order valence-corrected chi connectivity index (χ3v) is 4.39. The quantitative estimate of drug-likeness (QED) is 0.650. The van der Waals surface area contributed by atoms with E-state index in [1.54, 1.807) is 37.3 Å². The molecule has 2 amide bonds. The summed E-state index contributed by atoms with van der Waals surface area (Å²) >= 11 is 9.19. The van der Waals surface area contributed by atoms with E-state index in [0.29, 0.717) is 16.3 Å². The first-order valence-corrected chi connectivity index (χ1v) is 8.63. The van der Waals surface area contributed by atoms with Gasteiger partial charge in [-0.25, -0.2) is 0 Å². The molecule has 0 aliphatic rings. The van der Waals surface area contributed by atoms with Gasteiger partial charge < -0.3 is 15.1 Å². The molecule has 25 heavy (non-hydrogen) atoms. The topological polar surface area (TPSA) is 71.3 Å². The maximum Gasteiger partial charge on any atom is 0.287 e. The molecular weight excluding hydrogens is 408 g/mol. The van der Waals surface area contributed by atoms with Crippen molar-refractivity contribution in [1.82, 2.24) is 5.32 Å². The molecule has 0 bridgehead atoms. The van der Waals surface area contributed by atoms with Crippen LogP contribution in [0.25, 0.3) is 11.0 Å². The van der Waals surface area contributed by atoms with E-state index in [4.69, 9.17) is 16.0 Å². The molecule has 0 aliphatic heterocycles. The number of nitrogens with one attached hydrogen (secondary N) is 2. The van der Waals surface area contributed by atoms with Gasteiger partial charge in [-0.15, -0.1) is 0 Å². The van der Waals surface area contributed by atoms with Crippen molar-refractivity contribution < 1.29 is 14.0 Å².